The van der Waals surface area contributed by atoms with Gasteiger partial charge in [-0.3, -0.25) is 9.13 Å². The zero-order chi connectivity index (χ0) is 21.3. The molecule has 0 fully saturated rings. The number of aromatic nitrogens is 1. The molecule has 0 spiro atoms. The Morgan fingerprint density at radius 1 is 0.724 bits per heavy atom. The summed E-state index contributed by atoms with van der Waals surface area (Å²) in [7, 11) is -11.1. The lowest BCUT2D eigenvalue weighted by Gasteiger charge is -2.26. The topological polar surface area (TPSA) is 139 Å². The summed E-state index contributed by atoms with van der Waals surface area (Å²) in [5.41, 5.74) is 3.40. The quantitative estimate of drug-likeness (QED) is 0.295. The molecule has 152 valence electrons. The molecule has 1 heterocycles. The van der Waals surface area contributed by atoms with Crippen LogP contribution in [-0.2, 0) is 15.7 Å². The van der Waals surface area contributed by atoms with Crippen LogP contribution >= 0.6 is 15.2 Å². The van der Waals surface area contributed by atoms with Gasteiger partial charge in [0.05, 0.1) is 0 Å². The molecule has 0 atom stereocenters. The van der Waals surface area contributed by atoms with Gasteiger partial charge in [0, 0.05) is 11.6 Å². The van der Waals surface area contributed by atoms with Crippen LogP contribution < -0.4 is 4.57 Å². The van der Waals surface area contributed by atoms with Gasteiger partial charge in [-0.2, -0.15) is 0 Å². The van der Waals surface area contributed by atoms with Crippen molar-refractivity contribution in [3.05, 3.63) is 79.1 Å². The van der Waals surface area contributed by atoms with Crippen LogP contribution in [0.15, 0.2) is 79.1 Å². The van der Waals surface area contributed by atoms with Gasteiger partial charge in [-0.15, -0.1) is 0 Å². The number of nitrogens with zero attached hydrogens (tertiary/aromatic N) is 1. The van der Waals surface area contributed by atoms with E-state index in [0.29, 0.717) is 5.56 Å². The van der Waals surface area contributed by atoms with Gasteiger partial charge in [-0.05, 0) is 28.8 Å². The molecule has 0 saturated heterocycles. The Balaban J connectivity index is 1.99. The van der Waals surface area contributed by atoms with Gasteiger partial charge < -0.3 is 24.7 Å². The van der Waals surface area contributed by atoms with Crippen molar-refractivity contribution in [3.63, 3.8) is 0 Å². The van der Waals surface area contributed by atoms with Crippen LogP contribution in [0.5, 0.6) is 0 Å². The molecule has 29 heavy (non-hydrogen) atoms. The van der Waals surface area contributed by atoms with Gasteiger partial charge in [0.15, 0.2) is 12.4 Å². The molecule has 0 radical (unpaired) electrons. The highest BCUT2D eigenvalue weighted by molar-refractivity contribution is 7.72. The number of hydrogen-bond acceptors (Lipinski definition) is 3. The highest BCUT2D eigenvalue weighted by atomic mass is 31.2. The standard InChI is InChI=1S/C19H19NO7P2/c21-19(28(22,23)24,29(25,26)27)14-20-11-5-10-18(13-20)17-9-4-8-16(12-17)15-6-2-1-3-7-15/h1-13,21H,14H2,(H3-,22,23,24,25,26,27)/p+1. The number of pyridine rings is 1. The van der Waals surface area contributed by atoms with E-state index in [9.17, 15) is 33.8 Å². The third kappa shape index (κ3) is 4.55. The minimum absolute atomic E-state index is 0.643. The molecule has 0 unspecified atom stereocenters. The van der Waals surface area contributed by atoms with Crippen LogP contribution in [0.3, 0.4) is 0 Å². The van der Waals surface area contributed by atoms with E-state index in [-0.39, 0.29) is 0 Å². The fourth-order valence-corrected chi connectivity index (χ4v) is 4.95. The normalized spacial score (nSPS) is 12.7. The average molecular weight is 436 g/mol. The van der Waals surface area contributed by atoms with Crippen molar-refractivity contribution in [2.75, 3.05) is 0 Å². The molecule has 0 amide bonds. The number of rotatable bonds is 6. The maximum Gasteiger partial charge on any atom is 0.376 e. The highest BCUT2D eigenvalue weighted by Crippen LogP contribution is 2.67. The molecule has 0 aliphatic rings. The molecular weight excluding hydrogens is 416 g/mol. The van der Waals surface area contributed by atoms with Gasteiger partial charge in [-0.25, -0.2) is 4.57 Å². The number of aliphatic hydroxyl groups is 1. The molecule has 3 rings (SSSR count). The lowest BCUT2D eigenvalue weighted by atomic mass is 10.00. The molecule has 10 heteroatoms. The van der Waals surface area contributed by atoms with Crippen LogP contribution in [-0.4, -0.2) is 29.8 Å². The number of benzene rings is 2. The van der Waals surface area contributed by atoms with Gasteiger partial charge in [0.1, 0.15) is 0 Å². The molecule has 0 saturated carbocycles. The average Bonchev–Trinajstić information content (AvgIpc) is 2.67. The SMILES string of the molecule is O=P(O)(O)C(O)(C[n+]1cccc(-c2cccc(-c3ccccc3)c2)c1)P(=O)(O)O. The Bertz CT molecular complexity index is 1090. The van der Waals surface area contributed by atoms with Crippen molar-refractivity contribution in [2.24, 2.45) is 0 Å². The maximum atomic E-state index is 11.6. The van der Waals surface area contributed by atoms with Crippen LogP contribution in [0.2, 0.25) is 0 Å². The minimum Gasteiger partial charge on any atom is -0.363 e. The molecular formula is C19H20NO7P2+. The second-order valence-electron chi connectivity index (χ2n) is 6.57. The van der Waals surface area contributed by atoms with E-state index in [0.717, 1.165) is 21.3 Å². The predicted octanol–water partition coefficient (Wildman–Crippen LogP) is 2.31. The summed E-state index contributed by atoms with van der Waals surface area (Å²) in [6.45, 7) is -0.978. The van der Waals surface area contributed by atoms with E-state index < -0.39 is 26.8 Å². The summed E-state index contributed by atoms with van der Waals surface area (Å²) < 4.78 is 24.3. The predicted molar refractivity (Wildman–Crippen MR) is 107 cm³/mol. The van der Waals surface area contributed by atoms with Gasteiger partial charge in [0.25, 0.3) is 0 Å². The van der Waals surface area contributed by atoms with Crippen molar-refractivity contribution >= 4 is 15.2 Å². The van der Waals surface area contributed by atoms with Crippen LogP contribution in [0.1, 0.15) is 0 Å². The molecule has 8 nitrogen and oxygen atoms in total. The van der Waals surface area contributed by atoms with Crippen molar-refractivity contribution in [3.8, 4) is 22.3 Å². The molecule has 2 aromatic carbocycles. The van der Waals surface area contributed by atoms with Crippen LogP contribution in [0, 0.1) is 0 Å². The zero-order valence-corrected chi connectivity index (χ0v) is 16.9. The summed E-state index contributed by atoms with van der Waals surface area (Å²) in [5.74, 6) is 0. The first-order valence-corrected chi connectivity index (χ1v) is 11.7. The first-order valence-electron chi connectivity index (χ1n) is 8.50. The Morgan fingerprint density at radius 2 is 1.24 bits per heavy atom. The number of hydrogen-bond donors (Lipinski definition) is 5. The zero-order valence-electron chi connectivity index (χ0n) is 15.1. The lowest BCUT2D eigenvalue weighted by Crippen LogP contribution is -2.47. The van der Waals surface area contributed by atoms with Crippen molar-refractivity contribution in [1.29, 1.82) is 0 Å². The molecule has 1 aromatic heterocycles. The Labute approximate surface area is 167 Å². The third-order valence-corrected chi connectivity index (χ3v) is 8.20. The van der Waals surface area contributed by atoms with Gasteiger partial charge >= 0.3 is 20.3 Å². The fraction of sp³-hybridized carbons (Fsp3) is 0.105. The van der Waals surface area contributed by atoms with Crippen molar-refractivity contribution in [2.45, 2.75) is 11.6 Å². The summed E-state index contributed by atoms with van der Waals surface area (Å²) in [5, 5.41) is 6.63. The summed E-state index contributed by atoms with van der Waals surface area (Å²) in [6, 6.07) is 20.5. The van der Waals surface area contributed by atoms with E-state index in [1.165, 1.54) is 12.4 Å². The van der Waals surface area contributed by atoms with Gasteiger partial charge in [-0.1, -0.05) is 48.5 Å². The van der Waals surface area contributed by atoms with E-state index in [1.807, 2.05) is 54.6 Å². The first kappa shape index (κ1) is 21.6. The Kier molecular flexibility index (Phi) is 5.90. The monoisotopic (exact) mass is 436 g/mol. The summed E-state index contributed by atoms with van der Waals surface area (Å²) in [6.07, 6.45) is 2.82. The Hall–Kier alpha value is -2.15. The highest BCUT2D eigenvalue weighted by Gasteiger charge is 2.62. The summed E-state index contributed by atoms with van der Waals surface area (Å²) >= 11 is 0. The van der Waals surface area contributed by atoms with E-state index in [1.54, 1.807) is 12.1 Å². The van der Waals surface area contributed by atoms with E-state index in [2.05, 4.69) is 0 Å². The smallest absolute Gasteiger partial charge is 0.363 e. The first-order chi connectivity index (χ1) is 13.5. The third-order valence-electron chi connectivity index (χ3n) is 4.49. The molecule has 0 aliphatic carbocycles. The fourth-order valence-electron chi connectivity index (χ4n) is 2.90. The second-order valence-corrected chi connectivity index (χ2v) is 10.6. The molecule has 0 aliphatic heterocycles. The second kappa shape index (κ2) is 7.94. The lowest BCUT2D eigenvalue weighted by molar-refractivity contribution is -0.703. The molecule has 0 bridgehead atoms. The Morgan fingerprint density at radius 3 is 1.83 bits per heavy atom. The van der Waals surface area contributed by atoms with Crippen LogP contribution in [0.4, 0.5) is 0 Å². The maximum absolute atomic E-state index is 11.6. The van der Waals surface area contributed by atoms with E-state index in [4.69, 9.17) is 0 Å². The summed E-state index contributed by atoms with van der Waals surface area (Å²) in [4.78, 5) is 37.4. The molecule has 3 aromatic rings. The van der Waals surface area contributed by atoms with Crippen molar-refractivity contribution < 1.29 is 38.4 Å². The molecule has 5 N–H and O–H groups in total. The minimum atomic E-state index is -5.54. The largest absolute Gasteiger partial charge is 0.376 e. The van der Waals surface area contributed by atoms with Crippen molar-refractivity contribution in [1.82, 2.24) is 0 Å². The van der Waals surface area contributed by atoms with Crippen LogP contribution in [0.25, 0.3) is 22.3 Å². The van der Waals surface area contributed by atoms with E-state index >= 15 is 0 Å². The van der Waals surface area contributed by atoms with Gasteiger partial charge in [0.2, 0.25) is 6.54 Å².